The summed E-state index contributed by atoms with van der Waals surface area (Å²) in [7, 11) is 0. The van der Waals surface area contributed by atoms with Gasteiger partial charge in [-0.15, -0.1) is 0 Å². The maximum absolute atomic E-state index is 10.4. The van der Waals surface area contributed by atoms with Gasteiger partial charge in [-0.3, -0.25) is 0 Å². The molecule has 0 heterocycles. The van der Waals surface area contributed by atoms with E-state index in [4.69, 9.17) is 23.2 Å². The third-order valence-electron chi connectivity index (χ3n) is 5.55. The highest BCUT2D eigenvalue weighted by atomic mass is 35.5. The minimum atomic E-state index is -0.998. The largest absolute Gasteiger partial charge is 0.393 e. The molecule has 0 spiro atoms. The molecule has 118 valence electrons. The number of halogens is 2. The van der Waals surface area contributed by atoms with Gasteiger partial charge in [-0.2, -0.15) is 0 Å². The molecule has 4 heteroatoms. The summed E-state index contributed by atoms with van der Waals surface area (Å²) in [4.78, 5) is 0. The van der Waals surface area contributed by atoms with Gasteiger partial charge in [-0.25, -0.2) is 0 Å². The summed E-state index contributed by atoms with van der Waals surface area (Å²) < 4.78 is -0.998. The van der Waals surface area contributed by atoms with Crippen LogP contribution in [0, 0.1) is 17.8 Å². The summed E-state index contributed by atoms with van der Waals surface area (Å²) in [5, 5.41) is 20.0. The quantitative estimate of drug-likeness (QED) is 0.565. The lowest BCUT2D eigenvalue weighted by Gasteiger charge is -2.35. The molecule has 5 atom stereocenters. The van der Waals surface area contributed by atoms with Crippen LogP contribution in [0.4, 0.5) is 0 Å². The maximum atomic E-state index is 10.4. The zero-order chi connectivity index (χ0) is 15.0. The Kier molecular flexibility index (Phi) is 5.33. The Labute approximate surface area is 132 Å². The van der Waals surface area contributed by atoms with Crippen molar-refractivity contribution in [3.05, 3.63) is 0 Å². The van der Waals surface area contributed by atoms with Gasteiger partial charge in [0.2, 0.25) is 0 Å². The van der Waals surface area contributed by atoms with Crippen molar-refractivity contribution in [1.82, 2.24) is 0 Å². The molecule has 0 bridgehead atoms. The zero-order valence-corrected chi connectivity index (χ0v) is 14.1. The van der Waals surface area contributed by atoms with E-state index in [9.17, 15) is 10.2 Å². The van der Waals surface area contributed by atoms with E-state index in [0.29, 0.717) is 11.8 Å². The predicted octanol–water partition coefficient (Wildman–Crippen LogP) is 4.29. The summed E-state index contributed by atoms with van der Waals surface area (Å²) in [6.45, 7) is 3.79. The zero-order valence-electron chi connectivity index (χ0n) is 12.6. The number of unbranched alkanes of at least 4 members (excludes halogenated alkanes) is 1. The van der Waals surface area contributed by atoms with Crippen LogP contribution in [0.25, 0.3) is 0 Å². The van der Waals surface area contributed by atoms with E-state index in [1.54, 1.807) is 6.92 Å². The summed E-state index contributed by atoms with van der Waals surface area (Å²) in [5.41, 5.74) is -0.956. The van der Waals surface area contributed by atoms with Crippen molar-refractivity contribution in [2.24, 2.45) is 17.8 Å². The minimum absolute atomic E-state index is 0.154. The van der Waals surface area contributed by atoms with Crippen molar-refractivity contribution in [1.29, 1.82) is 0 Å². The van der Waals surface area contributed by atoms with Gasteiger partial charge in [0.15, 0.2) is 0 Å². The van der Waals surface area contributed by atoms with Crippen molar-refractivity contribution in [2.45, 2.75) is 81.3 Å². The molecule has 2 fully saturated rings. The molecule has 0 saturated heterocycles. The molecule has 0 aliphatic heterocycles. The number of hydrogen-bond donors (Lipinski definition) is 2. The molecule has 2 rings (SSSR count). The number of hydrogen-bond acceptors (Lipinski definition) is 2. The average Bonchev–Trinajstić information content (AvgIpc) is 2.83. The summed E-state index contributed by atoms with van der Waals surface area (Å²) in [5.74, 6) is 1.24. The van der Waals surface area contributed by atoms with Crippen molar-refractivity contribution < 1.29 is 10.2 Å². The SMILES string of the molecule is CCC(O)CCCCC1CCC2CC(C)(O)C(Cl)(Cl)C12. The first-order valence-corrected chi connectivity index (χ1v) is 8.83. The average molecular weight is 323 g/mol. The first kappa shape index (κ1) is 16.9. The van der Waals surface area contributed by atoms with Gasteiger partial charge in [0.1, 0.15) is 4.33 Å². The summed E-state index contributed by atoms with van der Waals surface area (Å²) in [6, 6.07) is 0. The highest BCUT2D eigenvalue weighted by Gasteiger charge is 2.63. The highest BCUT2D eigenvalue weighted by Crippen LogP contribution is 2.62. The molecule has 20 heavy (non-hydrogen) atoms. The Balaban J connectivity index is 1.85. The second kappa shape index (κ2) is 6.32. The molecule has 2 saturated carbocycles. The van der Waals surface area contributed by atoms with Crippen LogP contribution in [0.1, 0.15) is 65.2 Å². The van der Waals surface area contributed by atoms with Gasteiger partial charge in [0.05, 0.1) is 11.7 Å². The Morgan fingerprint density at radius 2 is 1.95 bits per heavy atom. The monoisotopic (exact) mass is 322 g/mol. The van der Waals surface area contributed by atoms with Crippen LogP contribution < -0.4 is 0 Å². The molecule has 2 N–H and O–H groups in total. The second-order valence-corrected chi connectivity index (χ2v) is 8.46. The maximum Gasteiger partial charge on any atom is 0.149 e. The van der Waals surface area contributed by atoms with Crippen LogP contribution in [0.5, 0.6) is 0 Å². The van der Waals surface area contributed by atoms with Crippen LogP contribution in [0.3, 0.4) is 0 Å². The van der Waals surface area contributed by atoms with Crippen LogP contribution >= 0.6 is 23.2 Å². The Morgan fingerprint density at radius 3 is 2.60 bits per heavy atom. The third kappa shape index (κ3) is 3.14. The van der Waals surface area contributed by atoms with E-state index in [2.05, 4.69) is 0 Å². The first-order chi connectivity index (χ1) is 9.29. The number of fused-ring (bicyclic) bond motifs is 1. The fourth-order valence-corrected chi connectivity index (χ4v) is 5.18. The molecule has 0 aromatic rings. The molecule has 0 aromatic carbocycles. The van der Waals surface area contributed by atoms with E-state index in [1.165, 1.54) is 6.42 Å². The van der Waals surface area contributed by atoms with Gasteiger partial charge in [-0.1, -0.05) is 49.4 Å². The molecule has 0 aromatic heterocycles. The molecule has 5 unspecified atom stereocenters. The lowest BCUT2D eigenvalue weighted by Crippen LogP contribution is -2.43. The predicted molar refractivity (Wildman–Crippen MR) is 84.1 cm³/mol. The fraction of sp³-hybridized carbons (Fsp3) is 1.00. The Bertz CT molecular complexity index is 330. The van der Waals surface area contributed by atoms with Crippen molar-refractivity contribution in [2.75, 3.05) is 0 Å². The van der Waals surface area contributed by atoms with E-state index in [0.717, 1.165) is 44.9 Å². The van der Waals surface area contributed by atoms with Crippen LogP contribution in [-0.4, -0.2) is 26.3 Å². The third-order valence-corrected chi connectivity index (χ3v) is 6.87. The van der Waals surface area contributed by atoms with E-state index in [1.807, 2.05) is 6.92 Å². The first-order valence-electron chi connectivity index (χ1n) is 8.08. The highest BCUT2D eigenvalue weighted by molar-refractivity contribution is 6.49. The van der Waals surface area contributed by atoms with Crippen LogP contribution in [-0.2, 0) is 0 Å². The van der Waals surface area contributed by atoms with Gasteiger partial charge < -0.3 is 10.2 Å². The molecular formula is C16H28Cl2O2. The molecule has 0 amide bonds. The second-order valence-electron chi connectivity index (χ2n) is 7.07. The molecular weight excluding hydrogens is 295 g/mol. The van der Waals surface area contributed by atoms with E-state index in [-0.39, 0.29) is 12.0 Å². The van der Waals surface area contributed by atoms with Crippen molar-refractivity contribution in [3.63, 3.8) is 0 Å². The number of rotatable bonds is 6. The van der Waals surface area contributed by atoms with E-state index >= 15 is 0 Å². The lowest BCUT2D eigenvalue weighted by molar-refractivity contribution is 0.0461. The number of aliphatic hydroxyl groups excluding tert-OH is 1. The molecule has 2 aliphatic rings. The Hall–Kier alpha value is 0.500. The normalized spacial score (nSPS) is 40.8. The van der Waals surface area contributed by atoms with Crippen LogP contribution in [0.15, 0.2) is 0 Å². The molecule has 2 aliphatic carbocycles. The topological polar surface area (TPSA) is 40.5 Å². The number of alkyl halides is 2. The number of aliphatic hydroxyl groups is 2. The Morgan fingerprint density at radius 1 is 1.25 bits per heavy atom. The lowest BCUT2D eigenvalue weighted by atomic mass is 9.86. The summed E-state index contributed by atoms with van der Waals surface area (Å²) in [6.07, 6.45) is 7.94. The fourth-order valence-electron chi connectivity index (χ4n) is 4.31. The van der Waals surface area contributed by atoms with Crippen molar-refractivity contribution in [3.8, 4) is 0 Å². The van der Waals surface area contributed by atoms with Gasteiger partial charge in [0, 0.05) is 5.92 Å². The van der Waals surface area contributed by atoms with Crippen LogP contribution in [0.2, 0.25) is 0 Å². The molecule has 2 nitrogen and oxygen atoms in total. The van der Waals surface area contributed by atoms with Gasteiger partial charge >= 0.3 is 0 Å². The smallest absolute Gasteiger partial charge is 0.149 e. The van der Waals surface area contributed by atoms with Crippen molar-refractivity contribution >= 4 is 23.2 Å². The summed E-state index contributed by atoms with van der Waals surface area (Å²) >= 11 is 13.0. The minimum Gasteiger partial charge on any atom is -0.393 e. The standard InChI is InChI=1S/C16H28Cl2O2/c1-3-13(19)7-5-4-6-11-8-9-12-10-15(2,20)16(17,18)14(11)12/h11-14,19-20H,3-10H2,1-2H3. The molecule has 0 radical (unpaired) electrons. The van der Waals surface area contributed by atoms with Gasteiger partial charge in [0.25, 0.3) is 0 Å². The van der Waals surface area contributed by atoms with Gasteiger partial charge in [-0.05, 0) is 50.9 Å². The van der Waals surface area contributed by atoms with E-state index < -0.39 is 9.93 Å².